The van der Waals surface area contributed by atoms with Crippen LogP contribution in [-0.4, -0.2) is 42.9 Å². The molecule has 1 amide bonds. The molecule has 1 atom stereocenters. The monoisotopic (exact) mass is 316 g/mol. The number of aliphatic hydroxyl groups excluding tert-OH is 1. The van der Waals surface area contributed by atoms with Crippen LogP contribution in [0.15, 0.2) is 42.5 Å². The van der Waals surface area contributed by atoms with Gasteiger partial charge in [0.1, 0.15) is 18.5 Å². The molecule has 0 aromatic heterocycles. The lowest BCUT2D eigenvalue weighted by Crippen LogP contribution is -2.54. The third-order valence-electron chi connectivity index (χ3n) is 3.76. The number of nitrogens with one attached hydrogen (secondary N) is 2. The lowest BCUT2D eigenvalue weighted by atomic mass is 10.0. The quantitative estimate of drug-likeness (QED) is 0.727. The van der Waals surface area contributed by atoms with Crippen molar-refractivity contribution in [3.8, 4) is 5.75 Å². The summed E-state index contributed by atoms with van der Waals surface area (Å²) in [5.41, 5.74) is -0.741. The van der Waals surface area contributed by atoms with Gasteiger partial charge in [-0.25, -0.2) is 0 Å². The van der Waals surface area contributed by atoms with Crippen molar-refractivity contribution in [2.45, 2.75) is 25.5 Å². The van der Waals surface area contributed by atoms with Gasteiger partial charge in [-0.3, -0.25) is 4.79 Å². The Morgan fingerprint density at radius 1 is 1.22 bits per heavy atom. The van der Waals surface area contributed by atoms with Crippen LogP contribution in [0.25, 0.3) is 10.8 Å². The Bertz CT molecular complexity index is 665. The van der Waals surface area contributed by atoms with Crippen LogP contribution in [0.3, 0.4) is 0 Å². The predicted molar refractivity (Wildman–Crippen MR) is 91.6 cm³/mol. The summed E-state index contributed by atoms with van der Waals surface area (Å²) in [6, 6.07) is 13.8. The Labute approximate surface area is 136 Å². The number of fused-ring (bicyclic) bond motifs is 1. The standard InChI is InChI=1S/C18H24N2O3/c1-18(2,17(22)19-3)20-11-14(21)12-23-16-10-6-8-13-7-4-5-9-15(13)16/h4-10,14,20-21H,11-12H2,1-3H3,(H,19,22). The van der Waals surface area contributed by atoms with Gasteiger partial charge in [-0.1, -0.05) is 36.4 Å². The topological polar surface area (TPSA) is 70.6 Å². The molecule has 2 aromatic rings. The highest BCUT2D eigenvalue weighted by Gasteiger charge is 2.26. The second-order valence-corrected chi connectivity index (χ2v) is 6.03. The molecule has 1 unspecified atom stereocenters. The van der Waals surface area contributed by atoms with Crippen molar-refractivity contribution < 1.29 is 14.6 Å². The zero-order valence-electron chi connectivity index (χ0n) is 13.8. The summed E-state index contributed by atoms with van der Waals surface area (Å²) >= 11 is 0. The number of β-amino-alcohol motifs (C(OH)–C–C–N with tert-alkyl or cyclic N) is 1. The second kappa shape index (κ2) is 7.44. The molecule has 5 heteroatoms. The van der Waals surface area contributed by atoms with Gasteiger partial charge in [-0.2, -0.15) is 0 Å². The van der Waals surface area contributed by atoms with Gasteiger partial charge in [0.05, 0.1) is 5.54 Å². The molecular weight excluding hydrogens is 292 g/mol. The van der Waals surface area contributed by atoms with E-state index < -0.39 is 11.6 Å². The van der Waals surface area contributed by atoms with E-state index in [0.717, 1.165) is 16.5 Å². The van der Waals surface area contributed by atoms with Crippen LogP contribution in [0.4, 0.5) is 0 Å². The fraction of sp³-hybridized carbons (Fsp3) is 0.389. The van der Waals surface area contributed by atoms with E-state index in [1.165, 1.54) is 0 Å². The van der Waals surface area contributed by atoms with Gasteiger partial charge < -0.3 is 20.5 Å². The van der Waals surface area contributed by atoms with Crippen LogP contribution < -0.4 is 15.4 Å². The van der Waals surface area contributed by atoms with Gasteiger partial charge in [0.2, 0.25) is 5.91 Å². The van der Waals surface area contributed by atoms with Crippen LogP contribution in [0.5, 0.6) is 5.75 Å². The van der Waals surface area contributed by atoms with E-state index in [1.807, 2.05) is 42.5 Å². The number of likely N-dealkylation sites (N-methyl/N-ethyl adjacent to an activating group) is 1. The van der Waals surface area contributed by atoms with Gasteiger partial charge in [0.25, 0.3) is 0 Å². The number of ether oxygens (including phenoxy) is 1. The zero-order valence-corrected chi connectivity index (χ0v) is 13.8. The highest BCUT2D eigenvalue weighted by Crippen LogP contribution is 2.25. The first-order chi connectivity index (χ1) is 10.9. The molecule has 2 aromatic carbocycles. The zero-order chi connectivity index (χ0) is 16.9. The van der Waals surface area contributed by atoms with Crippen molar-refractivity contribution in [3.63, 3.8) is 0 Å². The molecule has 23 heavy (non-hydrogen) atoms. The highest BCUT2D eigenvalue weighted by molar-refractivity contribution is 5.88. The second-order valence-electron chi connectivity index (χ2n) is 6.03. The van der Waals surface area contributed by atoms with Crippen molar-refractivity contribution in [3.05, 3.63) is 42.5 Å². The molecule has 2 rings (SSSR count). The van der Waals surface area contributed by atoms with E-state index in [9.17, 15) is 9.90 Å². The largest absolute Gasteiger partial charge is 0.490 e. The van der Waals surface area contributed by atoms with Gasteiger partial charge >= 0.3 is 0 Å². The fourth-order valence-corrected chi connectivity index (χ4v) is 2.33. The molecule has 0 aliphatic heterocycles. The molecule has 0 heterocycles. The van der Waals surface area contributed by atoms with Crippen LogP contribution in [0, 0.1) is 0 Å². The Morgan fingerprint density at radius 2 is 1.91 bits per heavy atom. The molecule has 0 spiro atoms. The number of hydrogen-bond donors (Lipinski definition) is 3. The molecule has 0 aliphatic rings. The number of amides is 1. The van der Waals surface area contributed by atoms with Crippen molar-refractivity contribution in [1.82, 2.24) is 10.6 Å². The van der Waals surface area contributed by atoms with Gasteiger partial charge in [-0.15, -0.1) is 0 Å². The molecule has 0 saturated carbocycles. The van der Waals surface area contributed by atoms with E-state index >= 15 is 0 Å². The van der Waals surface area contributed by atoms with E-state index in [2.05, 4.69) is 10.6 Å². The summed E-state index contributed by atoms with van der Waals surface area (Å²) in [6.07, 6.45) is -0.710. The Kier molecular flexibility index (Phi) is 5.58. The molecule has 0 radical (unpaired) electrons. The van der Waals surface area contributed by atoms with Crippen molar-refractivity contribution >= 4 is 16.7 Å². The molecule has 0 saturated heterocycles. The summed E-state index contributed by atoms with van der Waals surface area (Å²) in [5.74, 6) is 0.618. The highest BCUT2D eigenvalue weighted by atomic mass is 16.5. The van der Waals surface area contributed by atoms with E-state index in [-0.39, 0.29) is 19.1 Å². The van der Waals surface area contributed by atoms with Crippen molar-refractivity contribution in [1.29, 1.82) is 0 Å². The van der Waals surface area contributed by atoms with Crippen LogP contribution >= 0.6 is 0 Å². The van der Waals surface area contributed by atoms with E-state index in [4.69, 9.17) is 4.74 Å². The molecule has 0 bridgehead atoms. The van der Waals surface area contributed by atoms with Gasteiger partial charge in [0.15, 0.2) is 0 Å². The molecule has 5 nitrogen and oxygen atoms in total. The summed E-state index contributed by atoms with van der Waals surface area (Å²) in [6.45, 7) is 3.96. The number of hydrogen-bond acceptors (Lipinski definition) is 4. The van der Waals surface area contributed by atoms with Crippen LogP contribution in [-0.2, 0) is 4.79 Å². The average Bonchev–Trinajstić information content (AvgIpc) is 2.57. The van der Waals surface area contributed by atoms with Gasteiger partial charge in [0, 0.05) is 19.0 Å². The van der Waals surface area contributed by atoms with Crippen LogP contribution in [0.2, 0.25) is 0 Å². The van der Waals surface area contributed by atoms with Crippen LogP contribution in [0.1, 0.15) is 13.8 Å². The maximum Gasteiger partial charge on any atom is 0.239 e. The van der Waals surface area contributed by atoms with Gasteiger partial charge in [-0.05, 0) is 25.3 Å². The SMILES string of the molecule is CNC(=O)C(C)(C)NCC(O)COc1cccc2ccccc12. The maximum atomic E-state index is 11.7. The van der Waals surface area contributed by atoms with E-state index in [0.29, 0.717) is 0 Å². The minimum absolute atomic E-state index is 0.125. The lowest BCUT2D eigenvalue weighted by molar-refractivity contribution is -0.126. The number of benzene rings is 2. The molecule has 0 aliphatic carbocycles. The lowest BCUT2D eigenvalue weighted by Gasteiger charge is -2.25. The molecule has 3 N–H and O–H groups in total. The third-order valence-corrected chi connectivity index (χ3v) is 3.76. The fourth-order valence-electron chi connectivity index (χ4n) is 2.33. The molecule has 0 fully saturated rings. The molecule has 124 valence electrons. The van der Waals surface area contributed by atoms with Crippen molar-refractivity contribution in [2.24, 2.45) is 0 Å². The summed E-state index contributed by atoms with van der Waals surface area (Å²) < 4.78 is 5.74. The Hall–Kier alpha value is -2.11. The maximum absolute atomic E-state index is 11.7. The smallest absolute Gasteiger partial charge is 0.239 e. The molecular formula is C18H24N2O3. The first-order valence-electron chi connectivity index (χ1n) is 7.70. The minimum Gasteiger partial charge on any atom is -0.490 e. The Morgan fingerprint density at radius 3 is 2.65 bits per heavy atom. The number of rotatable bonds is 7. The third kappa shape index (κ3) is 4.43. The minimum atomic E-state index is -0.741. The number of aliphatic hydroxyl groups is 1. The predicted octanol–water partition coefficient (Wildman–Crippen LogP) is 1.69. The number of carbonyl (C=O) groups is 1. The first kappa shape index (κ1) is 17.2. The summed E-state index contributed by atoms with van der Waals surface area (Å²) in [7, 11) is 1.59. The Balaban J connectivity index is 1.91. The average molecular weight is 316 g/mol. The normalized spacial score (nSPS) is 12.9. The summed E-state index contributed by atoms with van der Waals surface area (Å²) in [5, 5.41) is 17.8. The summed E-state index contributed by atoms with van der Waals surface area (Å²) in [4.78, 5) is 11.7. The number of carbonyl (C=O) groups excluding carboxylic acids is 1. The van der Waals surface area contributed by atoms with E-state index in [1.54, 1.807) is 20.9 Å². The first-order valence-corrected chi connectivity index (χ1v) is 7.70. The van der Waals surface area contributed by atoms with Crippen molar-refractivity contribution in [2.75, 3.05) is 20.2 Å².